The van der Waals surface area contributed by atoms with Crippen molar-refractivity contribution in [2.75, 3.05) is 47.5 Å². The van der Waals surface area contributed by atoms with Gasteiger partial charge in [-0.3, -0.25) is 9.59 Å². The Bertz CT molecular complexity index is 1980. The number of rotatable bonds is 84. The second kappa shape index (κ2) is 84.1. The van der Waals surface area contributed by atoms with Crippen LogP contribution < -0.4 is 0 Å². The molecule has 0 aromatic carbocycles. The summed E-state index contributed by atoms with van der Waals surface area (Å²) in [5.74, 6) is -1.97. The molecule has 0 saturated heterocycles. The summed E-state index contributed by atoms with van der Waals surface area (Å²) in [6.45, 7) is 4.83. The molecule has 9 heteroatoms. The molecule has 0 spiro atoms. The van der Waals surface area contributed by atoms with Crippen molar-refractivity contribution in [3.63, 3.8) is 0 Å². The van der Waals surface area contributed by atoms with Crippen molar-refractivity contribution in [1.82, 2.24) is 0 Å². The number of carboxylic acid groups (broad SMARTS) is 1. The molecule has 0 amide bonds. The molecule has 1 N–H and O–H groups in total. The molecular weight excluding hydrogens is 1270 g/mol. The smallest absolute Gasteiger partial charge is 0.361 e. The van der Waals surface area contributed by atoms with Gasteiger partial charge < -0.3 is 28.5 Å². The Kier molecular flexibility index (Phi) is 81.2. The quantitative estimate of drug-likeness (QED) is 0.0211. The van der Waals surface area contributed by atoms with Crippen LogP contribution in [0.3, 0.4) is 0 Å². The molecule has 103 heavy (non-hydrogen) atoms. The average Bonchev–Trinajstić information content (AvgIpc) is 1.01. The first kappa shape index (κ1) is 99.5. The van der Waals surface area contributed by atoms with Crippen molar-refractivity contribution in [3.8, 4) is 0 Å². The number of unbranched alkanes of at least 4 members (excludes halogenated alkanes) is 55. The molecule has 0 bridgehead atoms. The van der Waals surface area contributed by atoms with Crippen molar-refractivity contribution in [2.24, 2.45) is 0 Å². The summed E-state index contributed by atoms with van der Waals surface area (Å²) in [4.78, 5) is 37.8. The highest BCUT2D eigenvalue weighted by atomic mass is 16.7. The Hall–Kier alpha value is -3.53. The molecule has 0 aliphatic carbocycles. The molecule has 0 radical (unpaired) electrons. The van der Waals surface area contributed by atoms with Crippen LogP contribution in [0.25, 0.3) is 0 Å². The molecule has 0 fully saturated rings. The van der Waals surface area contributed by atoms with Gasteiger partial charge in [-0.25, -0.2) is 4.79 Å². The van der Waals surface area contributed by atoms with Crippen LogP contribution in [0.5, 0.6) is 0 Å². The average molecular weight is 1440 g/mol. The number of carbonyl (C=O) groups excluding carboxylic acids is 2. The van der Waals surface area contributed by atoms with Crippen molar-refractivity contribution >= 4 is 17.9 Å². The number of aliphatic carboxylic acids is 1. The van der Waals surface area contributed by atoms with Gasteiger partial charge in [0.2, 0.25) is 0 Å². The van der Waals surface area contributed by atoms with Crippen molar-refractivity contribution in [1.29, 1.82) is 0 Å². The van der Waals surface area contributed by atoms with Gasteiger partial charge in [-0.15, -0.1) is 0 Å². The van der Waals surface area contributed by atoms with Crippen molar-refractivity contribution in [2.45, 2.75) is 450 Å². The van der Waals surface area contributed by atoms with E-state index in [0.717, 1.165) is 77.0 Å². The molecule has 0 aliphatic heterocycles. The van der Waals surface area contributed by atoms with Crippen LogP contribution in [0.4, 0.5) is 0 Å². The topological polar surface area (TPSA) is 108 Å². The van der Waals surface area contributed by atoms with Gasteiger partial charge in [0.1, 0.15) is 13.2 Å². The van der Waals surface area contributed by atoms with Crippen LogP contribution in [-0.4, -0.2) is 87.4 Å². The Morgan fingerprint density at radius 2 is 0.553 bits per heavy atom. The van der Waals surface area contributed by atoms with E-state index in [9.17, 15) is 19.5 Å². The molecule has 600 valence electrons. The third-order valence-corrected chi connectivity index (χ3v) is 20.1. The van der Waals surface area contributed by atoms with Gasteiger partial charge in [-0.1, -0.05) is 420 Å². The molecular formula is C94H172NO8+. The summed E-state index contributed by atoms with van der Waals surface area (Å²) >= 11 is 0. The minimum Gasteiger partial charge on any atom is -0.477 e. The Morgan fingerprint density at radius 3 is 0.835 bits per heavy atom. The molecule has 9 nitrogen and oxygen atoms in total. The first-order chi connectivity index (χ1) is 50.6. The van der Waals surface area contributed by atoms with Crippen molar-refractivity contribution < 1.29 is 42.9 Å². The van der Waals surface area contributed by atoms with E-state index in [2.05, 4.69) is 98.9 Å². The highest BCUT2D eigenvalue weighted by Crippen LogP contribution is 2.20. The molecule has 0 rings (SSSR count). The normalized spacial score (nSPS) is 13.0. The van der Waals surface area contributed by atoms with E-state index in [1.54, 1.807) is 0 Å². The number of likely N-dealkylation sites (N-methyl/N-ethyl adjacent to an activating group) is 1. The second-order valence-electron chi connectivity index (χ2n) is 31.5. The zero-order valence-corrected chi connectivity index (χ0v) is 69.0. The maximum atomic E-state index is 13.0. The fourth-order valence-corrected chi connectivity index (χ4v) is 13.4. The first-order valence-corrected chi connectivity index (χ1v) is 44.8. The van der Waals surface area contributed by atoms with Gasteiger partial charge in [-0.2, -0.15) is 0 Å². The Balaban J connectivity index is 3.92. The molecule has 0 aromatic rings. The standard InChI is InChI=1S/C94H171NO8/c1-6-8-10-12-14-16-18-20-22-24-26-28-30-32-34-36-38-40-42-44-45-46-47-49-51-53-55-57-59-61-63-65-67-69-71-73-75-77-79-81-83-85-92(97)103-90(89-102-94(93(98)99)100-87-86-95(3,4)5)88-101-91(96)84-82-80-78-76-74-72-70-68-66-64-62-60-58-56-54-52-50-48-43-41-39-37-35-33-31-29-27-25-23-21-19-17-15-13-11-9-7-2/h8,10,14,16,20,22,25-28,32,34,38,40,90,94H,6-7,9,11-13,15,17-19,21,23-24,29-31,33,35-37,39,41-89H2,1-5H3/p+1/b10-8-,16-14-,22-20-,27-25-,28-26-,34-32-,40-38-. The van der Waals surface area contributed by atoms with Gasteiger partial charge in [0.15, 0.2) is 6.10 Å². The minimum atomic E-state index is -1.51. The number of esters is 2. The summed E-state index contributed by atoms with van der Waals surface area (Å²) in [5.41, 5.74) is 0. The number of carboxylic acids is 1. The lowest BCUT2D eigenvalue weighted by atomic mass is 10.0. The van der Waals surface area contributed by atoms with E-state index in [-0.39, 0.29) is 38.2 Å². The van der Waals surface area contributed by atoms with Gasteiger partial charge >= 0.3 is 17.9 Å². The van der Waals surface area contributed by atoms with Gasteiger partial charge in [0.25, 0.3) is 6.29 Å². The third kappa shape index (κ3) is 85.6. The number of carbonyl (C=O) groups is 3. The van der Waals surface area contributed by atoms with E-state index in [1.165, 1.54) is 334 Å². The van der Waals surface area contributed by atoms with E-state index in [4.69, 9.17) is 18.9 Å². The summed E-state index contributed by atoms with van der Waals surface area (Å²) in [6, 6.07) is 0. The predicted molar refractivity (Wildman–Crippen MR) is 447 cm³/mol. The largest absolute Gasteiger partial charge is 0.477 e. The van der Waals surface area contributed by atoms with Crippen LogP contribution in [0, 0.1) is 0 Å². The van der Waals surface area contributed by atoms with E-state index >= 15 is 0 Å². The van der Waals surface area contributed by atoms with E-state index < -0.39 is 18.4 Å². The van der Waals surface area contributed by atoms with Gasteiger partial charge in [0.05, 0.1) is 34.4 Å². The number of hydrogen-bond donors (Lipinski definition) is 1. The van der Waals surface area contributed by atoms with Crippen molar-refractivity contribution in [3.05, 3.63) is 85.1 Å². The molecule has 0 aromatic heterocycles. The van der Waals surface area contributed by atoms with E-state index in [0.29, 0.717) is 17.4 Å². The monoisotopic (exact) mass is 1440 g/mol. The third-order valence-electron chi connectivity index (χ3n) is 20.1. The summed E-state index contributed by atoms with van der Waals surface area (Å²) in [6.07, 6.45) is 114. The maximum Gasteiger partial charge on any atom is 0.361 e. The summed E-state index contributed by atoms with van der Waals surface area (Å²) in [5, 5.41) is 9.80. The van der Waals surface area contributed by atoms with Gasteiger partial charge in [0, 0.05) is 12.8 Å². The van der Waals surface area contributed by atoms with Gasteiger partial charge in [-0.05, 0) is 89.9 Å². The summed E-state index contributed by atoms with van der Waals surface area (Å²) in [7, 11) is 6.00. The number of nitrogens with zero attached hydrogens (tertiary/aromatic N) is 1. The lowest BCUT2D eigenvalue weighted by molar-refractivity contribution is -0.870. The Morgan fingerprint density at radius 1 is 0.301 bits per heavy atom. The lowest BCUT2D eigenvalue weighted by Gasteiger charge is -2.25. The van der Waals surface area contributed by atoms with Crippen LogP contribution in [-0.2, 0) is 33.3 Å². The van der Waals surface area contributed by atoms with E-state index in [1.807, 2.05) is 21.1 Å². The fourth-order valence-electron chi connectivity index (χ4n) is 13.4. The lowest BCUT2D eigenvalue weighted by Crippen LogP contribution is -2.40. The molecule has 2 unspecified atom stereocenters. The highest BCUT2D eigenvalue weighted by Gasteiger charge is 2.25. The fraction of sp³-hybridized carbons (Fsp3) is 0.819. The second-order valence-corrected chi connectivity index (χ2v) is 31.5. The SMILES string of the molecule is CC/C=C\C/C=C\C/C=C\C/C=C\C/C=C\C/C=C\CCCCCCCCCCCCCCCCCCCCCCCCC(=O)OC(COC(=O)CCCCCCCCCCCCCCCCCCCCCCCCCCC/C=C\CCCCCCCCCC)COC(OCC[N+](C)(C)C)C(=O)O. The predicted octanol–water partition coefficient (Wildman–Crippen LogP) is 29.3. The van der Waals surface area contributed by atoms with Crippen LogP contribution in [0.2, 0.25) is 0 Å². The summed E-state index contributed by atoms with van der Waals surface area (Å²) < 4.78 is 23.1. The molecule has 0 saturated carbocycles. The van der Waals surface area contributed by atoms with Crippen LogP contribution in [0.15, 0.2) is 85.1 Å². The van der Waals surface area contributed by atoms with Crippen LogP contribution in [0.1, 0.15) is 438 Å². The number of ether oxygens (including phenoxy) is 4. The first-order valence-electron chi connectivity index (χ1n) is 44.8. The Labute approximate surface area is 640 Å². The maximum absolute atomic E-state index is 13.0. The zero-order valence-electron chi connectivity index (χ0n) is 69.0. The number of hydrogen-bond acceptors (Lipinski definition) is 7. The molecule has 0 aliphatic rings. The van der Waals surface area contributed by atoms with Crippen LogP contribution >= 0.6 is 0 Å². The minimum absolute atomic E-state index is 0.177. The highest BCUT2D eigenvalue weighted by molar-refractivity contribution is 5.71. The number of allylic oxidation sites excluding steroid dienone is 14. The molecule has 2 atom stereocenters. The molecule has 0 heterocycles. The zero-order chi connectivity index (χ0) is 74.6. The number of quaternary nitrogens is 1.